The Bertz CT molecular complexity index is 1450. The monoisotopic (exact) mass is 478 g/mol. The zero-order chi connectivity index (χ0) is 21.8. The SMILES string of the molecule is Cc1ccc(C2=NC(=Cc3cc4c([nH]3)-c3ccccc3CC4)c3cc(Br)ccc32)c(C)c1. The number of halogens is 1. The van der Waals surface area contributed by atoms with Crippen molar-refractivity contribution < 1.29 is 0 Å². The van der Waals surface area contributed by atoms with E-state index in [-0.39, 0.29) is 0 Å². The Labute approximate surface area is 196 Å². The van der Waals surface area contributed by atoms with Crippen molar-refractivity contribution in [3.63, 3.8) is 0 Å². The lowest BCUT2D eigenvalue weighted by atomic mass is 9.90. The van der Waals surface area contributed by atoms with Gasteiger partial charge in [0.05, 0.1) is 11.4 Å². The summed E-state index contributed by atoms with van der Waals surface area (Å²) in [6.07, 6.45) is 4.37. The lowest BCUT2D eigenvalue weighted by molar-refractivity contribution is 0.942. The molecule has 0 saturated heterocycles. The van der Waals surface area contributed by atoms with Gasteiger partial charge < -0.3 is 4.98 Å². The molecule has 0 bridgehead atoms. The molecule has 3 heteroatoms. The molecule has 2 heterocycles. The van der Waals surface area contributed by atoms with Crippen molar-refractivity contribution in [2.45, 2.75) is 26.7 Å². The minimum atomic E-state index is 1.00. The number of nitrogens with one attached hydrogen (secondary N) is 1. The molecule has 1 aliphatic carbocycles. The van der Waals surface area contributed by atoms with E-state index >= 15 is 0 Å². The Morgan fingerprint density at radius 2 is 1.62 bits per heavy atom. The van der Waals surface area contributed by atoms with E-state index in [1.54, 1.807) is 0 Å². The second kappa shape index (κ2) is 7.46. The predicted octanol–water partition coefficient (Wildman–Crippen LogP) is 7.51. The van der Waals surface area contributed by atoms with Crippen molar-refractivity contribution in [2.24, 2.45) is 4.99 Å². The first-order valence-electron chi connectivity index (χ1n) is 11.1. The fourth-order valence-corrected chi connectivity index (χ4v) is 5.37. The maximum absolute atomic E-state index is 5.14. The third-order valence-electron chi connectivity index (χ3n) is 6.54. The van der Waals surface area contributed by atoms with Gasteiger partial charge in [0, 0.05) is 38.1 Å². The van der Waals surface area contributed by atoms with Gasteiger partial charge in [0.2, 0.25) is 0 Å². The fourth-order valence-electron chi connectivity index (χ4n) is 5.01. The largest absolute Gasteiger partial charge is 0.355 e. The summed E-state index contributed by atoms with van der Waals surface area (Å²) in [5.74, 6) is 0. The standard InChI is InChI=1S/C29H23BrN2/c1-17-7-11-23(18(2)13-17)29-25-12-10-21(30)15-26(25)27(32-29)16-22-14-20-9-8-19-5-3-4-6-24(19)28(20)31-22/h3-7,10-16,31H,8-9H2,1-2H3. The zero-order valence-corrected chi connectivity index (χ0v) is 19.8. The lowest BCUT2D eigenvalue weighted by Gasteiger charge is -2.15. The van der Waals surface area contributed by atoms with Gasteiger partial charge >= 0.3 is 0 Å². The van der Waals surface area contributed by atoms with Crippen LogP contribution in [0.4, 0.5) is 0 Å². The summed E-state index contributed by atoms with van der Waals surface area (Å²) < 4.78 is 1.07. The van der Waals surface area contributed by atoms with E-state index in [0.29, 0.717) is 0 Å². The predicted molar refractivity (Wildman–Crippen MR) is 137 cm³/mol. The molecule has 0 fully saturated rings. The molecule has 0 spiro atoms. The van der Waals surface area contributed by atoms with Crippen LogP contribution in [0.5, 0.6) is 0 Å². The van der Waals surface area contributed by atoms with Crippen molar-refractivity contribution in [1.29, 1.82) is 0 Å². The second-order valence-electron chi connectivity index (χ2n) is 8.78. The number of benzene rings is 3. The van der Waals surface area contributed by atoms with Crippen LogP contribution in [0.3, 0.4) is 0 Å². The molecule has 6 rings (SSSR count). The summed E-state index contributed by atoms with van der Waals surface area (Å²) in [4.78, 5) is 8.82. The number of H-pyrrole nitrogens is 1. The average Bonchev–Trinajstić information content (AvgIpc) is 3.35. The highest BCUT2D eigenvalue weighted by molar-refractivity contribution is 9.10. The molecule has 0 atom stereocenters. The first kappa shape index (κ1) is 19.5. The summed E-state index contributed by atoms with van der Waals surface area (Å²) in [6, 6.07) is 24.1. The number of aryl methyl sites for hydroxylation is 4. The molecule has 2 nitrogen and oxygen atoms in total. The second-order valence-corrected chi connectivity index (χ2v) is 9.70. The summed E-state index contributed by atoms with van der Waals surface area (Å²) in [5, 5.41) is 0. The number of rotatable bonds is 2. The molecular weight excluding hydrogens is 456 g/mol. The Kier molecular flexibility index (Phi) is 4.55. The van der Waals surface area contributed by atoms with Crippen LogP contribution in [-0.2, 0) is 12.8 Å². The maximum Gasteiger partial charge on any atom is 0.0791 e. The third kappa shape index (κ3) is 3.20. The van der Waals surface area contributed by atoms with E-state index in [2.05, 4.69) is 108 Å². The van der Waals surface area contributed by atoms with Crippen LogP contribution in [0.1, 0.15) is 44.6 Å². The van der Waals surface area contributed by atoms with Crippen molar-refractivity contribution in [3.8, 4) is 11.3 Å². The van der Waals surface area contributed by atoms with Crippen LogP contribution in [0.25, 0.3) is 23.0 Å². The van der Waals surface area contributed by atoms with Gasteiger partial charge in [-0.25, -0.2) is 4.99 Å². The van der Waals surface area contributed by atoms with E-state index in [1.807, 2.05) is 0 Å². The van der Waals surface area contributed by atoms with E-state index in [9.17, 15) is 0 Å². The smallest absolute Gasteiger partial charge is 0.0791 e. The molecule has 0 unspecified atom stereocenters. The van der Waals surface area contributed by atoms with Crippen molar-refractivity contribution in [3.05, 3.63) is 116 Å². The van der Waals surface area contributed by atoms with E-state index in [4.69, 9.17) is 4.99 Å². The number of nitrogens with zero attached hydrogens (tertiary/aromatic N) is 1. The average molecular weight is 479 g/mol. The van der Waals surface area contributed by atoms with Gasteiger partial charge in [-0.2, -0.15) is 0 Å². The quantitative estimate of drug-likeness (QED) is 0.308. The molecule has 0 amide bonds. The Morgan fingerprint density at radius 3 is 2.50 bits per heavy atom. The summed E-state index contributed by atoms with van der Waals surface area (Å²) in [6.45, 7) is 4.30. The summed E-state index contributed by atoms with van der Waals surface area (Å²) >= 11 is 3.66. The molecule has 1 aliphatic heterocycles. The van der Waals surface area contributed by atoms with Crippen LogP contribution in [0.2, 0.25) is 0 Å². The van der Waals surface area contributed by atoms with E-state index in [1.165, 1.54) is 50.2 Å². The Balaban J connectivity index is 1.48. The van der Waals surface area contributed by atoms with Gasteiger partial charge in [-0.1, -0.05) is 70.0 Å². The van der Waals surface area contributed by atoms with E-state index < -0.39 is 0 Å². The van der Waals surface area contributed by atoms with Crippen LogP contribution in [-0.4, -0.2) is 10.7 Å². The molecule has 156 valence electrons. The highest BCUT2D eigenvalue weighted by atomic mass is 79.9. The van der Waals surface area contributed by atoms with Crippen molar-refractivity contribution in [1.82, 2.24) is 4.98 Å². The van der Waals surface area contributed by atoms with E-state index in [0.717, 1.165) is 34.4 Å². The number of aromatic amines is 1. The number of hydrogen-bond acceptors (Lipinski definition) is 1. The minimum absolute atomic E-state index is 1.00. The van der Waals surface area contributed by atoms with Gasteiger partial charge in [-0.15, -0.1) is 0 Å². The molecule has 0 radical (unpaired) electrons. The van der Waals surface area contributed by atoms with Crippen LogP contribution < -0.4 is 0 Å². The molecule has 3 aromatic carbocycles. The molecule has 4 aromatic rings. The molecular formula is C29H23BrN2. The number of aliphatic imine (C=N–C) groups is 1. The maximum atomic E-state index is 5.14. The highest BCUT2D eigenvalue weighted by Crippen LogP contribution is 2.37. The zero-order valence-electron chi connectivity index (χ0n) is 18.2. The normalized spacial score (nSPS) is 15.3. The molecule has 1 aromatic heterocycles. The van der Waals surface area contributed by atoms with Gasteiger partial charge in [0.1, 0.15) is 0 Å². The number of fused-ring (bicyclic) bond motifs is 4. The first-order valence-corrected chi connectivity index (χ1v) is 11.8. The molecule has 2 aliphatic rings. The Hall–Kier alpha value is -3.17. The van der Waals surface area contributed by atoms with Gasteiger partial charge in [-0.05, 0) is 67.7 Å². The number of hydrogen-bond donors (Lipinski definition) is 1. The van der Waals surface area contributed by atoms with Crippen LogP contribution >= 0.6 is 15.9 Å². The lowest BCUT2D eigenvalue weighted by Crippen LogP contribution is -2.03. The topological polar surface area (TPSA) is 28.1 Å². The summed E-state index contributed by atoms with van der Waals surface area (Å²) in [5.41, 5.74) is 14.6. The summed E-state index contributed by atoms with van der Waals surface area (Å²) in [7, 11) is 0. The van der Waals surface area contributed by atoms with Gasteiger partial charge in [-0.3, -0.25) is 0 Å². The molecule has 32 heavy (non-hydrogen) atoms. The third-order valence-corrected chi connectivity index (χ3v) is 7.04. The molecule has 0 saturated carbocycles. The fraction of sp³-hybridized carbons (Fsp3) is 0.138. The van der Waals surface area contributed by atoms with Gasteiger partial charge in [0.25, 0.3) is 0 Å². The first-order chi connectivity index (χ1) is 15.6. The van der Waals surface area contributed by atoms with Crippen molar-refractivity contribution in [2.75, 3.05) is 0 Å². The van der Waals surface area contributed by atoms with Crippen LogP contribution in [0, 0.1) is 13.8 Å². The van der Waals surface area contributed by atoms with Crippen molar-refractivity contribution >= 4 is 33.4 Å². The highest BCUT2D eigenvalue weighted by Gasteiger charge is 2.24. The Morgan fingerprint density at radius 1 is 0.812 bits per heavy atom. The van der Waals surface area contributed by atoms with Gasteiger partial charge in [0.15, 0.2) is 0 Å². The minimum Gasteiger partial charge on any atom is -0.355 e. The van der Waals surface area contributed by atoms with Crippen LogP contribution in [0.15, 0.2) is 76.2 Å². The number of aromatic nitrogens is 1. The molecule has 1 N–H and O–H groups in total.